The zero-order chi connectivity index (χ0) is 51.1. The summed E-state index contributed by atoms with van der Waals surface area (Å²) < 4.78 is 21.8. The van der Waals surface area contributed by atoms with Crippen LogP contribution in [-0.2, 0) is 25.5 Å². The minimum atomic E-state index is -0.612. The van der Waals surface area contributed by atoms with Crippen molar-refractivity contribution in [2.24, 2.45) is 5.92 Å². The van der Waals surface area contributed by atoms with E-state index in [0.717, 1.165) is 109 Å². The number of hydrogen-bond acceptors (Lipinski definition) is 10. The number of fused-ring (bicyclic) bond motifs is 1. The minimum Gasteiger partial charge on any atom is -0.375 e. The van der Waals surface area contributed by atoms with Gasteiger partial charge in [0.1, 0.15) is 11.9 Å². The van der Waals surface area contributed by atoms with Crippen molar-refractivity contribution in [1.82, 2.24) is 45.3 Å². The highest BCUT2D eigenvalue weighted by molar-refractivity contribution is 5.98. The second kappa shape index (κ2) is 23.7. The molecule has 10 rings (SSSR count). The number of benzene rings is 3. The molecule has 2 atom stereocenters. The molecule has 16 nitrogen and oxygen atoms in total. The fraction of sp³-hybridized carbons (Fsp3) is 0.561. The van der Waals surface area contributed by atoms with E-state index >= 15 is 4.39 Å². The number of halogens is 1. The van der Waals surface area contributed by atoms with Crippen LogP contribution in [-0.4, -0.2) is 167 Å². The van der Waals surface area contributed by atoms with E-state index in [-0.39, 0.29) is 65.3 Å². The Bertz CT molecular complexity index is 2720. The van der Waals surface area contributed by atoms with Crippen molar-refractivity contribution >= 4 is 40.3 Å². The van der Waals surface area contributed by atoms with Crippen LogP contribution >= 0.6 is 0 Å². The highest BCUT2D eigenvalue weighted by atomic mass is 19.1. The Balaban J connectivity index is 0.654. The predicted octanol–water partition coefficient (Wildman–Crippen LogP) is 5.25. The normalized spacial score (nSPS) is 21.2. The first-order valence-electron chi connectivity index (χ1n) is 27.4. The molecule has 6 fully saturated rings. The number of nitrogens with zero attached hydrogens (tertiary/aromatic N) is 6. The topological polar surface area (TPSA) is 181 Å². The number of piperazine rings is 1. The molecule has 0 spiro atoms. The van der Waals surface area contributed by atoms with Gasteiger partial charge in [0, 0.05) is 94.8 Å². The number of carbonyl (C=O) groups excluding carboxylic acids is 5. The number of H-pyrrole nitrogens is 1. The van der Waals surface area contributed by atoms with E-state index in [0.29, 0.717) is 92.4 Å². The van der Waals surface area contributed by atoms with Crippen LogP contribution in [0.3, 0.4) is 0 Å². The number of hydrogen-bond donors (Lipinski definition) is 3. The Morgan fingerprint density at radius 2 is 1.41 bits per heavy atom. The summed E-state index contributed by atoms with van der Waals surface area (Å²) in [4.78, 5) is 90.2. The standard InChI is InChI=1S/C57H72FN9O7/c58-49-18-15-38(33-50-46-13-4-5-14-47(46)55(71)62-61-50)32-48(49)56(72)66-30-28-64(29-31-66)52(69)37-63-24-19-44(20-25-63)74-45-21-26-65(27-22-45)57(73)53(39-8-2-1-3-9-39)60-54(70)41-11-6-10-40(34-41)42-12-7-23-67(36-42)51(68)35-59-43-16-17-43/h4-6,10-11,13-15,18,32,34,39,42-45,53,59H,1-3,7-9,12,16-17,19-31,33,35-37H2,(H,60,70)(H,62,71)/t42-,53+/m0/s1. The number of carbonyl (C=O) groups is 5. The minimum absolute atomic E-state index is 0.00151. The Morgan fingerprint density at radius 3 is 2.15 bits per heavy atom. The Hall–Kier alpha value is -6.04. The average molecular weight is 1010 g/mol. The molecule has 1 aromatic heterocycles. The molecule has 17 heteroatoms. The number of ether oxygens (including phenoxy) is 1. The third-order valence-electron chi connectivity index (χ3n) is 16.5. The van der Waals surface area contributed by atoms with Gasteiger partial charge >= 0.3 is 0 Å². The van der Waals surface area contributed by atoms with Gasteiger partial charge in [0.25, 0.3) is 17.4 Å². The van der Waals surface area contributed by atoms with Crippen molar-refractivity contribution in [3.63, 3.8) is 0 Å². The number of aromatic amines is 1. The van der Waals surface area contributed by atoms with E-state index in [9.17, 15) is 28.8 Å². The lowest BCUT2D eigenvalue weighted by Gasteiger charge is -2.40. The van der Waals surface area contributed by atoms with Crippen LogP contribution in [0.25, 0.3) is 10.8 Å². The summed E-state index contributed by atoms with van der Waals surface area (Å²) in [6.45, 7) is 6.03. The van der Waals surface area contributed by atoms with Gasteiger partial charge in [-0.05, 0) is 112 Å². The number of aromatic nitrogens is 2. The van der Waals surface area contributed by atoms with Crippen LogP contribution in [0.5, 0.6) is 0 Å². The first-order chi connectivity index (χ1) is 36.0. The molecule has 3 N–H and O–H groups in total. The second-order valence-corrected chi connectivity index (χ2v) is 21.7. The highest BCUT2D eigenvalue weighted by Gasteiger charge is 2.37. The van der Waals surface area contributed by atoms with E-state index in [4.69, 9.17) is 4.74 Å². The van der Waals surface area contributed by atoms with Gasteiger partial charge < -0.3 is 35.0 Å². The lowest BCUT2D eigenvalue weighted by Crippen LogP contribution is -2.55. The Labute approximate surface area is 432 Å². The van der Waals surface area contributed by atoms with E-state index in [1.165, 1.54) is 6.07 Å². The van der Waals surface area contributed by atoms with Crippen LogP contribution in [0.2, 0.25) is 0 Å². The molecule has 0 radical (unpaired) electrons. The van der Waals surface area contributed by atoms with Crippen LogP contribution in [0, 0.1) is 11.7 Å². The van der Waals surface area contributed by atoms with Gasteiger partial charge in [-0.25, -0.2) is 9.49 Å². The second-order valence-electron chi connectivity index (χ2n) is 21.7. The molecule has 2 aliphatic carbocycles. The first kappa shape index (κ1) is 51.4. The molecule has 0 unspecified atom stereocenters. The van der Waals surface area contributed by atoms with Gasteiger partial charge in [0.05, 0.1) is 41.9 Å². The first-order valence-corrected chi connectivity index (χ1v) is 27.4. The number of rotatable bonds is 15. The predicted molar refractivity (Wildman–Crippen MR) is 278 cm³/mol. The van der Waals surface area contributed by atoms with Crippen molar-refractivity contribution in [2.75, 3.05) is 78.5 Å². The maximum Gasteiger partial charge on any atom is 0.272 e. The molecular weight excluding hydrogens is 942 g/mol. The van der Waals surface area contributed by atoms with Gasteiger partial charge in [-0.1, -0.05) is 55.7 Å². The van der Waals surface area contributed by atoms with Gasteiger partial charge in [-0.15, -0.1) is 0 Å². The van der Waals surface area contributed by atoms with Crippen LogP contribution in [0.4, 0.5) is 4.39 Å². The summed E-state index contributed by atoms with van der Waals surface area (Å²) in [5, 5.41) is 14.6. The number of nitrogens with one attached hydrogen (secondary N) is 3. The third kappa shape index (κ3) is 12.5. The SMILES string of the molecule is O=C(N[C@@H](C(=O)N1CCC(OC2CCN(CC(=O)N3CCN(C(=O)c4cc(Cc5n[nH]c(=O)c6ccccc56)ccc4F)CC3)CC2)CC1)C1CCCCC1)c1cccc([C@H]2CCCN(C(=O)CNC3CC3)C2)c1. The number of piperidine rings is 3. The van der Waals surface area contributed by atoms with Crippen molar-refractivity contribution in [3.05, 3.63) is 111 Å². The number of amides is 5. The van der Waals surface area contributed by atoms with Crippen molar-refractivity contribution in [1.29, 1.82) is 0 Å². The molecule has 4 aliphatic heterocycles. The van der Waals surface area contributed by atoms with Crippen molar-refractivity contribution in [2.45, 2.75) is 120 Å². The number of likely N-dealkylation sites (tertiary alicyclic amines) is 3. The zero-order valence-electron chi connectivity index (χ0n) is 42.6. The molecular formula is C57H72FN9O7. The monoisotopic (exact) mass is 1010 g/mol. The van der Waals surface area contributed by atoms with E-state index in [1.807, 2.05) is 40.1 Å². The fourth-order valence-electron chi connectivity index (χ4n) is 12.0. The van der Waals surface area contributed by atoms with Crippen LogP contribution in [0.15, 0.2) is 71.5 Å². The van der Waals surface area contributed by atoms with Gasteiger partial charge in [0.15, 0.2) is 0 Å². The fourth-order valence-corrected chi connectivity index (χ4v) is 12.0. The highest BCUT2D eigenvalue weighted by Crippen LogP contribution is 2.31. The molecule has 4 aromatic rings. The average Bonchev–Trinajstić information content (AvgIpc) is 4.28. The Kier molecular flexibility index (Phi) is 16.5. The molecule has 0 bridgehead atoms. The molecule has 4 saturated heterocycles. The van der Waals surface area contributed by atoms with E-state index < -0.39 is 17.8 Å². The summed E-state index contributed by atoms with van der Waals surface area (Å²) in [5.74, 6) is -0.855. The molecule has 394 valence electrons. The zero-order valence-corrected chi connectivity index (χ0v) is 42.6. The van der Waals surface area contributed by atoms with Crippen LogP contribution < -0.4 is 16.2 Å². The van der Waals surface area contributed by atoms with E-state index in [1.54, 1.807) is 34.1 Å². The van der Waals surface area contributed by atoms with Crippen LogP contribution in [0.1, 0.15) is 127 Å². The van der Waals surface area contributed by atoms with Crippen molar-refractivity contribution < 1.29 is 33.1 Å². The molecule has 2 saturated carbocycles. The molecule has 74 heavy (non-hydrogen) atoms. The summed E-state index contributed by atoms with van der Waals surface area (Å²) in [6, 6.07) is 19.3. The lowest BCUT2D eigenvalue weighted by molar-refractivity contribution is -0.140. The quantitative estimate of drug-likeness (QED) is 0.143. The summed E-state index contributed by atoms with van der Waals surface area (Å²) >= 11 is 0. The molecule has 3 aromatic carbocycles. The lowest BCUT2D eigenvalue weighted by atomic mass is 9.83. The third-order valence-corrected chi connectivity index (χ3v) is 16.5. The van der Waals surface area contributed by atoms with E-state index in [2.05, 4.69) is 31.8 Å². The van der Waals surface area contributed by atoms with Crippen molar-refractivity contribution in [3.8, 4) is 0 Å². The summed E-state index contributed by atoms with van der Waals surface area (Å²) in [6.07, 6.45) is 12.7. The maximum absolute atomic E-state index is 15.1. The largest absolute Gasteiger partial charge is 0.375 e. The molecule has 5 heterocycles. The summed E-state index contributed by atoms with van der Waals surface area (Å²) in [7, 11) is 0. The van der Waals surface area contributed by atoms with Gasteiger partial charge in [0.2, 0.25) is 17.7 Å². The molecule has 6 aliphatic rings. The molecule has 5 amide bonds. The van der Waals surface area contributed by atoms with Gasteiger partial charge in [-0.2, -0.15) is 5.10 Å². The Morgan fingerprint density at radius 1 is 0.689 bits per heavy atom. The smallest absolute Gasteiger partial charge is 0.272 e. The summed E-state index contributed by atoms with van der Waals surface area (Å²) in [5.41, 5.74) is 2.61. The maximum atomic E-state index is 15.1. The van der Waals surface area contributed by atoms with Gasteiger partial charge in [-0.3, -0.25) is 33.7 Å².